The van der Waals surface area contributed by atoms with Crippen molar-refractivity contribution in [3.05, 3.63) is 0 Å². The van der Waals surface area contributed by atoms with Crippen molar-refractivity contribution in [2.45, 2.75) is 342 Å². The van der Waals surface area contributed by atoms with Gasteiger partial charge in [0, 0.05) is 25.7 Å². The number of carbonyl (C=O) groups is 4. The molecule has 0 bridgehead atoms. The molecule has 0 aliphatic carbocycles. The van der Waals surface area contributed by atoms with E-state index in [1.54, 1.807) is 0 Å². The number of hydrogen-bond acceptors (Lipinski definition) is 15. The fraction of sp³-hybridized carbons (Fsp3) is 0.938. The summed E-state index contributed by atoms with van der Waals surface area (Å²) in [4.78, 5) is 72.2. The molecule has 0 rings (SSSR count). The first-order valence-electron chi connectivity index (χ1n) is 33.6. The Kier molecular flexibility index (Phi) is 56.4. The van der Waals surface area contributed by atoms with Gasteiger partial charge in [-0.05, 0) is 31.6 Å². The second kappa shape index (κ2) is 57.8. The lowest BCUT2D eigenvalue weighted by Crippen LogP contribution is -2.30. The second-order valence-corrected chi connectivity index (χ2v) is 26.5. The Morgan fingerprint density at radius 2 is 0.554 bits per heavy atom. The van der Waals surface area contributed by atoms with Gasteiger partial charge in [0.2, 0.25) is 0 Å². The van der Waals surface area contributed by atoms with Crippen molar-refractivity contribution in [3.8, 4) is 0 Å². The van der Waals surface area contributed by atoms with E-state index >= 15 is 0 Å². The lowest BCUT2D eigenvalue weighted by Gasteiger charge is -2.21. The number of aliphatic hydroxyl groups is 1. The molecule has 0 aromatic carbocycles. The summed E-state index contributed by atoms with van der Waals surface area (Å²) in [6.07, 6.45) is 41.6. The maximum Gasteiger partial charge on any atom is 0.472 e. The highest BCUT2D eigenvalue weighted by Gasteiger charge is 2.30. The Labute approximate surface area is 505 Å². The zero-order valence-corrected chi connectivity index (χ0v) is 55.1. The molecule has 83 heavy (non-hydrogen) atoms. The highest BCUT2D eigenvalue weighted by atomic mass is 31.2. The third kappa shape index (κ3) is 58.8. The van der Waals surface area contributed by atoms with Crippen molar-refractivity contribution in [1.29, 1.82) is 0 Å². The summed E-state index contributed by atoms with van der Waals surface area (Å²) in [5.74, 6) is -1.44. The molecule has 19 heteroatoms. The van der Waals surface area contributed by atoms with Gasteiger partial charge in [0.25, 0.3) is 0 Å². The minimum absolute atomic E-state index is 0.104. The summed E-state index contributed by atoms with van der Waals surface area (Å²) in [5.41, 5.74) is 0. The molecule has 0 spiro atoms. The van der Waals surface area contributed by atoms with E-state index in [0.29, 0.717) is 31.6 Å². The van der Waals surface area contributed by atoms with Gasteiger partial charge in [-0.2, -0.15) is 0 Å². The number of ether oxygens (including phenoxy) is 4. The molecule has 0 aliphatic rings. The number of unbranched alkanes of at least 4 members (excludes halogenated alkanes) is 36. The summed E-state index contributed by atoms with van der Waals surface area (Å²) < 4.78 is 68.0. The van der Waals surface area contributed by atoms with Crippen LogP contribution in [-0.2, 0) is 65.4 Å². The fourth-order valence-corrected chi connectivity index (χ4v) is 11.2. The Morgan fingerprint density at radius 1 is 0.325 bits per heavy atom. The van der Waals surface area contributed by atoms with Crippen molar-refractivity contribution in [3.63, 3.8) is 0 Å². The molecule has 0 heterocycles. The molecule has 0 amide bonds. The summed E-state index contributed by atoms with van der Waals surface area (Å²) in [6, 6.07) is 0. The fourth-order valence-electron chi connectivity index (χ4n) is 9.58. The molecule has 492 valence electrons. The molecule has 0 aliphatic heterocycles. The summed E-state index contributed by atoms with van der Waals surface area (Å²) in [6.45, 7) is 7.12. The van der Waals surface area contributed by atoms with Crippen LogP contribution in [-0.4, -0.2) is 96.7 Å². The van der Waals surface area contributed by atoms with Crippen molar-refractivity contribution in [1.82, 2.24) is 0 Å². The lowest BCUT2D eigenvalue weighted by molar-refractivity contribution is -0.161. The minimum Gasteiger partial charge on any atom is -0.462 e. The largest absolute Gasteiger partial charge is 0.472 e. The van der Waals surface area contributed by atoms with E-state index in [1.807, 2.05) is 0 Å². The Hall–Kier alpha value is -1.94. The molecule has 0 saturated carbocycles. The summed E-state index contributed by atoms with van der Waals surface area (Å²) >= 11 is 0. The quantitative estimate of drug-likeness (QED) is 0.0222. The average molecular weight is 1230 g/mol. The highest BCUT2D eigenvalue weighted by Crippen LogP contribution is 2.45. The minimum atomic E-state index is -4.94. The summed E-state index contributed by atoms with van der Waals surface area (Å²) in [7, 11) is -9.88. The van der Waals surface area contributed by atoms with Crippen LogP contribution in [0.1, 0.15) is 324 Å². The third-order valence-corrected chi connectivity index (χ3v) is 16.7. The first-order valence-corrected chi connectivity index (χ1v) is 36.6. The van der Waals surface area contributed by atoms with E-state index in [1.165, 1.54) is 148 Å². The molecule has 0 radical (unpaired) electrons. The number of hydrogen-bond donors (Lipinski definition) is 3. The molecule has 2 unspecified atom stereocenters. The predicted octanol–water partition coefficient (Wildman–Crippen LogP) is 17.8. The molecule has 0 aromatic rings. The smallest absolute Gasteiger partial charge is 0.462 e. The summed E-state index contributed by atoms with van der Waals surface area (Å²) in [5, 5.41) is 10.5. The van der Waals surface area contributed by atoms with Crippen LogP contribution >= 0.6 is 15.6 Å². The number of phosphoric ester groups is 2. The Balaban J connectivity index is 5.24. The van der Waals surface area contributed by atoms with Gasteiger partial charge in [-0.3, -0.25) is 37.3 Å². The first-order chi connectivity index (χ1) is 40.0. The van der Waals surface area contributed by atoms with E-state index in [0.717, 1.165) is 89.9 Å². The van der Waals surface area contributed by atoms with Crippen LogP contribution in [0.2, 0.25) is 0 Å². The highest BCUT2D eigenvalue weighted by molar-refractivity contribution is 7.47. The monoisotopic (exact) mass is 1230 g/mol. The maximum absolute atomic E-state index is 13.0. The molecule has 0 saturated heterocycles. The van der Waals surface area contributed by atoms with Crippen LogP contribution in [0, 0.1) is 5.92 Å². The van der Waals surface area contributed by atoms with E-state index in [9.17, 15) is 43.2 Å². The van der Waals surface area contributed by atoms with E-state index in [-0.39, 0.29) is 25.7 Å². The average Bonchev–Trinajstić information content (AvgIpc) is 3.45. The van der Waals surface area contributed by atoms with Crippen molar-refractivity contribution >= 4 is 39.5 Å². The maximum atomic E-state index is 13.0. The number of esters is 4. The number of rotatable bonds is 64. The van der Waals surface area contributed by atoms with Crippen LogP contribution < -0.4 is 0 Å². The van der Waals surface area contributed by atoms with Gasteiger partial charge in [-0.25, -0.2) is 9.13 Å². The number of phosphoric acid groups is 2. The van der Waals surface area contributed by atoms with Crippen molar-refractivity contribution in [2.24, 2.45) is 5.92 Å². The van der Waals surface area contributed by atoms with Gasteiger partial charge in [0.1, 0.15) is 19.3 Å². The Morgan fingerprint density at radius 3 is 0.819 bits per heavy atom. The molecular weight excluding hydrogens is 1100 g/mol. The molecule has 3 N–H and O–H groups in total. The molecule has 0 aromatic heterocycles. The van der Waals surface area contributed by atoms with Crippen LogP contribution in [0.25, 0.3) is 0 Å². The molecule has 17 nitrogen and oxygen atoms in total. The van der Waals surface area contributed by atoms with Gasteiger partial charge in [0.05, 0.1) is 26.4 Å². The van der Waals surface area contributed by atoms with Crippen LogP contribution in [0.3, 0.4) is 0 Å². The van der Waals surface area contributed by atoms with E-state index < -0.39 is 97.5 Å². The van der Waals surface area contributed by atoms with Crippen molar-refractivity contribution in [2.75, 3.05) is 39.6 Å². The zero-order valence-electron chi connectivity index (χ0n) is 53.3. The van der Waals surface area contributed by atoms with Crippen LogP contribution in [0.5, 0.6) is 0 Å². The zero-order chi connectivity index (χ0) is 61.3. The molecular formula is C64H124O17P2. The molecule has 5 atom stereocenters. The topological polar surface area (TPSA) is 237 Å². The molecule has 0 fully saturated rings. The van der Waals surface area contributed by atoms with E-state index in [2.05, 4.69) is 34.6 Å². The first kappa shape index (κ1) is 81.1. The van der Waals surface area contributed by atoms with Gasteiger partial charge >= 0.3 is 39.5 Å². The number of carbonyl (C=O) groups excluding carboxylic acids is 4. The van der Waals surface area contributed by atoms with E-state index in [4.69, 9.17) is 37.0 Å². The van der Waals surface area contributed by atoms with Crippen molar-refractivity contribution < 1.29 is 80.2 Å². The normalized spacial score (nSPS) is 14.2. The second-order valence-electron chi connectivity index (χ2n) is 23.6. The standard InChI is InChI=1S/C64H124O17P2/c1-6-9-12-15-18-21-24-26-29-34-39-44-49-63(68)80-59(53-75-62(67)48-43-38-33-28-25-22-19-16-13-10-7-2)55-78-82(70,71)76-51-58(65)52-77-83(72,73)79-56-60(81-64(69)50-45-40-35-30-31-36-41-46-57(4)5)54-74-61(66)47-42-37-32-27-23-20-17-14-11-8-3/h57-60,65H,6-56H2,1-5H3,(H,70,71)(H,72,73)/t58-,59-,60-/m1/s1. The third-order valence-electron chi connectivity index (χ3n) is 14.8. The number of aliphatic hydroxyl groups excluding tert-OH is 1. The van der Waals surface area contributed by atoms with Gasteiger partial charge < -0.3 is 33.8 Å². The Bertz CT molecular complexity index is 1620. The van der Waals surface area contributed by atoms with Gasteiger partial charge in [-0.1, -0.05) is 272 Å². The SMILES string of the molecule is CCCCCCCCCCCCCCC(=O)O[C@H](COC(=O)CCCCCCCCCCCCC)COP(=O)(O)OC[C@@H](O)COP(=O)(O)OC[C@@H](COC(=O)CCCCCCCCCCCC)OC(=O)CCCCCCCCCC(C)C. The predicted molar refractivity (Wildman–Crippen MR) is 331 cm³/mol. The lowest BCUT2D eigenvalue weighted by atomic mass is 10.0. The van der Waals surface area contributed by atoms with Gasteiger partial charge in [0.15, 0.2) is 12.2 Å². The van der Waals surface area contributed by atoms with Crippen LogP contribution in [0.15, 0.2) is 0 Å². The van der Waals surface area contributed by atoms with Crippen LogP contribution in [0.4, 0.5) is 0 Å². The van der Waals surface area contributed by atoms with Gasteiger partial charge in [-0.15, -0.1) is 0 Å².